The molecule has 0 atom stereocenters. The summed E-state index contributed by atoms with van der Waals surface area (Å²) in [5.74, 6) is -1.42. The van der Waals surface area contributed by atoms with Crippen LogP contribution in [-0.4, -0.2) is 43.5 Å². The number of hydrogen-bond donors (Lipinski definition) is 0. The molecule has 0 spiro atoms. The molecule has 0 aliphatic heterocycles. The van der Waals surface area contributed by atoms with Crippen molar-refractivity contribution in [1.82, 2.24) is 4.90 Å². The van der Waals surface area contributed by atoms with E-state index in [1.54, 1.807) is 18.2 Å². The van der Waals surface area contributed by atoms with Crippen molar-refractivity contribution in [2.75, 3.05) is 20.8 Å². The SMILES string of the molecule is COC(=O)CN(Cc1ccccc1C)C(=O)c1cccc(C(=O)OC)c1. The van der Waals surface area contributed by atoms with E-state index in [1.165, 1.54) is 25.2 Å². The molecule has 0 unspecified atom stereocenters. The second-order valence-corrected chi connectivity index (χ2v) is 5.74. The fourth-order valence-electron chi connectivity index (χ4n) is 2.49. The van der Waals surface area contributed by atoms with Gasteiger partial charge in [-0.1, -0.05) is 30.3 Å². The quantitative estimate of drug-likeness (QED) is 0.745. The number of esters is 2. The second-order valence-electron chi connectivity index (χ2n) is 5.74. The normalized spacial score (nSPS) is 10.1. The van der Waals surface area contributed by atoms with Crippen molar-refractivity contribution in [3.63, 3.8) is 0 Å². The number of carbonyl (C=O) groups excluding carboxylic acids is 3. The molecule has 0 fully saturated rings. The minimum absolute atomic E-state index is 0.188. The van der Waals surface area contributed by atoms with Gasteiger partial charge < -0.3 is 14.4 Å². The van der Waals surface area contributed by atoms with E-state index in [2.05, 4.69) is 4.74 Å². The number of carbonyl (C=O) groups is 3. The van der Waals surface area contributed by atoms with Gasteiger partial charge in [-0.3, -0.25) is 9.59 Å². The number of amides is 1. The van der Waals surface area contributed by atoms with Crippen LogP contribution in [0.3, 0.4) is 0 Å². The van der Waals surface area contributed by atoms with E-state index in [0.717, 1.165) is 11.1 Å². The highest BCUT2D eigenvalue weighted by molar-refractivity contribution is 5.99. The van der Waals surface area contributed by atoms with Crippen LogP contribution in [0.1, 0.15) is 31.8 Å². The highest BCUT2D eigenvalue weighted by atomic mass is 16.5. The van der Waals surface area contributed by atoms with Crippen LogP contribution in [-0.2, 0) is 20.8 Å². The van der Waals surface area contributed by atoms with Crippen LogP contribution in [0.25, 0.3) is 0 Å². The third kappa shape index (κ3) is 4.69. The summed E-state index contributed by atoms with van der Waals surface area (Å²) >= 11 is 0. The van der Waals surface area contributed by atoms with Crippen molar-refractivity contribution in [2.45, 2.75) is 13.5 Å². The van der Waals surface area contributed by atoms with Crippen molar-refractivity contribution in [2.24, 2.45) is 0 Å². The summed E-state index contributed by atoms with van der Waals surface area (Å²) in [6.07, 6.45) is 0. The van der Waals surface area contributed by atoms with Crippen molar-refractivity contribution >= 4 is 17.8 Å². The molecule has 136 valence electrons. The number of aryl methyl sites for hydroxylation is 1. The van der Waals surface area contributed by atoms with Gasteiger partial charge in [0.1, 0.15) is 6.54 Å². The lowest BCUT2D eigenvalue weighted by Gasteiger charge is -2.22. The molecule has 0 N–H and O–H groups in total. The maximum atomic E-state index is 12.9. The zero-order chi connectivity index (χ0) is 19.1. The van der Waals surface area contributed by atoms with Crippen LogP contribution in [0.5, 0.6) is 0 Å². The predicted octanol–water partition coefficient (Wildman–Crippen LogP) is 2.60. The topological polar surface area (TPSA) is 72.9 Å². The fourth-order valence-corrected chi connectivity index (χ4v) is 2.49. The van der Waals surface area contributed by atoms with E-state index < -0.39 is 11.9 Å². The lowest BCUT2D eigenvalue weighted by molar-refractivity contribution is -0.141. The number of ether oxygens (including phenoxy) is 2. The predicted molar refractivity (Wildman–Crippen MR) is 95.7 cm³/mol. The molecule has 0 aliphatic carbocycles. The van der Waals surface area contributed by atoms with Gasteiger partial charge in [-0.25, -0.2) is 4.79 Å². The summed E-state index contributed by atoms with van der Waals surface area (Å²) in [4.78, 5) is 37.8. The molecule has 2 rings (SSSR count). The van der Waals surface area contributed by atoms with Crippen molar-refractivity contribution in [1.29, 1.82) is 0 Å². The van der Waals surface area contributed by atoms with Gasteiger partial charge in [0.25, 0.3) is 5.91 Å². The zero-order valence-electron chi connectivity index (χ0n) is 15.0. The van der Waals surface area contributed by atoms with Crippen LogP contribution >= 0.6 is 0 Å². The molecule has 26 heavy (non-hydrogen) atoms. The first kappa shape index (κ1) is 19.2. The highest BCUT2D eigenvalue weighted by Crippen LogP contribution is 2.15. The van der Waals surface area contributed by atoms with Crippen LogP contribution in [0.4, 0.5) is 0 Å². The zero-order valence-corrected chi connectivity index (χ0v) is 15.0. The van der Waals surface area contributed by atoms with E-state index in [0.29, 0.717) is 5.56 Å². The molecule has 0 aromatic heterocycles. The van der Waals surface area contributed by atoms with E-state index in [1.807, 2.05) is 31.2 Å². The Bertz CT molecular complexity index is 815. The minimum atomic E-state index is -0.530. The first-order chi connectivity index (χ1) is 12.5. The maximum Gasteiger partial charge on any atom is 0.337 e. The van der Waals surface area contributed by atoms with Gasteiger partial charge >= 0.3 is 11.9 Å². The Hall–Kier alpha value is -3.15. The van der Waals surface area contributed by atoms with Crippen LogP contribution < -0.4 is 0 Å². The van der Waals surface area contributed by atoms with Crippen LogP contribution in [0, 0.1) is 6.92 Å². The molecule has 1 amide bonds. The van der Waals surface area contributed by atoms with Gasteiger partial charge in [0.15, 0.2) is 0 Å². The van der Waals surface area contributed by atoms with E-state index in [9.17, 15) is 14.4 Å². The van der Waals surface area contributed by atoms with Gasteiger partial charge in [-0.05, 0) is 36.2 Å². The molecule has 0 saturated heterocycles. The Balaban J connectivity index is 2.32. The molecule has 6 heteroatoms. The second kappa shape index (κ2) is 8.80. The Morgan fingerprint density at radius 1 is 0.923 bits per heavy atom. The summed E-state index contributed by atoms with van der Waals surface area (Å²) in [7, 11) is 2.55. The molecule has 0 bridgehead atoms. The summed E-state index contributed by atoms with van der Waals surface area (Å²) < 4.78 is 9.39. The molecule has 6 nitrogen and oxygen atoms in total. The van der Waals surface area contributed by atoms with Gasteiger partial charge in [0, 0.05) is 12.1 Å². The summed E-state index contributed by atoms with van der Waals surface area (Å²) in [5.41, 5.74) is 2.50. The molecule has 0 radical (unpaired) electrons. The summed E-state index contributed by atoms with van der Waals surface area (Å²) in [6.45, 7) is 2.00. The summed E-state index contributed by atoms with van der Waals surface area (Å²) in [5, 5.41) is 0. The largest absolute Gasteiger partial charge is 0.468 e. The lowest BCUT2D eigenvalue weighted by Crippen LogP contribution is -2.36. The Kier molecular flexibility index (Phi) is 6.49. The molecule has 0 saturated carbocycles. The molecular weight excluding hydrogens is 334 g/mol. The highest BCUT2D eigenvalue weighted by Gasteiger charge is 2.21. The standard InChI is InChI=1S/C20H21NO5/c1-14-7-4-5-8-17(14)12-21(13-18(22)25-2)19(23)15-9-6-10-16(11-15)20(24)26-3/h4-11H,12-13H2,1-3H3. The number of hydrogen-bond acceptors (Lipinski definition) is 5. The number of nitrogens with zero attached hydrogens (tertiary/aromatic N) is 1. The average molecular weight is 355 g/mol. The first-order valence-electron chi connectivity index (χ1n) is 8.05. The van der Waals surface area contributed by atoms with Gasteiger partial charge in [-0.15, -0.1) is 0 Å². The first-order valence-corrected chi connectivity index (χ1v) is 8.05. The maximum absolute atomic E-state index is 12.9. The third-order valence-electron chi connectivity index (χ3n) is 3.99. The molecule has 2 aromatic rings. The number of benzene rings is 2. The molecule has 0 heterocycles. The van der Waals surface area contributed by atoms with E-state index in [-0.39, 0.29) is 24.6 Å². The fraction of sp³-hybridized carbons (Fsp3) is 0.250. The van der Waals surface area contributed by atoms with Crippen LogP contribution in [0.2, 0.25) is 0 Å². The number of rotatable bonds is 6. The Morgan fingerprint density at radius 2 is 1.62 bits per heavy atom. The van der Waals surface area contributed by atoms with E-state index in [4.69, 9.17) is 4.74 Å². The lowest BCUT2D eigenvalue weighted by atomic mass is 10.1. The van der Waals surface area contributed by atoms with Crippen LogP contribution in [0.15, 0.2) is 48.5 Å². The van der Waals surface area contributed by atoms with Gasteiger partial charge in [0.05, 0.1) is 19.8 Å². The van der Waals surface area contributed by atoms with Crippen molar-refractivity contribution in [3.8, 4) is 0 Å². The molecule has 2 aromatic carbocycles. The van der Waals surface area contributed by atoms with Crippen molar-refractivity contribution < 1.29 is 23.9 Å². The van der Waals surface area contributed by atoms with E-state index >= 15 is 0 Å². The Morgan fingerprint density at radius 3 is 2.27 bits per heavy atom. The minimum Gasteiger partial charge on any atom is -0.468 e. The van der Waals surface area contributed by atoms with Gasteiger partial charge in [0.2, 0.25) is 0 Å². The smallest absolute Gasteiger partial charge is 0.337 e. The third-order valence-corrected chi connectivity index (χ3v) is 3.99. The summed E-state index contributed by atoms with van der Waals surface area (Å²) in [6, 6.07) is 13.8. The Labute approximate surface area is 152 Å². The molecule has 0 aliphatic rings. The van der Waals surface area contributed by atoms with Gasteiger partial charge in [-0.2, -0.15) is 0 Å². The number of methoxy groups -OCH3 is 2. The monoisotopic (exact) mass is 355 g/mol. The van der Waals surface area contributed by atoms with Crippen molar-refractivity contribution in [3.05, 3.63) is 70.8 Å². The molecular formula is C20H21NO5. The average Bonchev–Trinajstić information content (AvgIpc) is 2.67.